The van der Waals surface area contributed by atoms with E-state index in [0.717, 1.165) is 32.5 Å². The molecule has 0 bridgehead atoms. The molecule has 5 heteroatoms. The molecule has 2 heterocycles. The summed E-state index contributed by atoms with van der Waals surface area (Å²) in [7, 11) is 0. The van der Waals surface area contributed by atoms with E-state index < -0.39 is 0 Å². The van der Waals surface area contributed by atoms with Crippen LogP contribution in [0.5, 0.6) is 0 Å². The fraction of sp³-hybridized carbons (Fsp3) is 0.833. The van der Waals surface area contributed by atoms with Gasteiger partial charge < -0.3 is 15.5 Å². The van der Waals surface area contributed by atoms with Crippen LogP contribution in [0, 0.1) is 0 Å². The van der Waals surface area contributed by atoms with Crippen molar-refractivity contribution in [2.45, 2.75) is 44.7 Å². The molecule has 0 spiro atoms. The number of piperidine rings is 1. The molecule has 0 aromatic heterocycles. The van der Waals surface area contributed by atoms with E-state index in [1.54, 1.807) is 0 Å². The van der Waals surface area contributed by atoms with Gasteiger partial charge in [-0.25, -0.2) is 0 Å². The van der Waals surface area contributed by atoms with Gasteiger partial charge in [-0.1, -0.05) is 0 Å². The van der Waals surface area contributed by atoms with Crippen molar-refractivity contribution in [1.82, 2.24) is 15.5 Å². The van der Waals surface area contributed by atoms with E-state index in [1.165, 1.54) is 0 Å². The third-order valence-electron chi connectivity index (χ3n) is 3.63. The van der Waals surface area contributed by atoms with Crippen molar-refractivity contribution in [3.05, 3.63) is 0 Å². The Morgan fingerprint density at radius 2 is 2.29 bits per heavy atom. The Morgan fingerprint density at radius 1 is 1.47 bits per heavy atom. The molecule has 2 N–H and O–H groups in total. The van der Waals surface area contributed by atoms with Crippen molar-refractivity contribution in [2.24, 2.45) is 0 Å². The van der Waals surface area contributed by atoms with E-state index in [0.29, 0.717) is 18.9 Å². The van der Waals surface area contributed by atoms with Crippen molar-refractivity contribution < 1.29 is 9.59 Å². The van der Waals surface area contributed by atoms with Crippen LogP contribution in [-0.4, -0.2) is 48.4 Å². The number of amides is 2. The first kappa shape index (κ1) is 12.4. The zero-order valence-electron chi connectivity index (χ0n) is 10.4. The number of hydrogen-bond donors (Lipinski definition) is 2. The number of carbonyl (C=O) groups is 2. The molecule has 2 fully saturated rings. The maximum atomic E-state index is 12.3. The minimum absolute atomic E-state index is 0.00109. The third-order valence-corrected chi connectivity index (χ3v) is 3.63. The van der Waals surface area contributed by atoms with Crippen molar-refractivity contribution >= 4 is 11.8 Å². The SMILES string of the molecule is CCN(C(=O)C1CCC(=O)N1)C1CCCNC1. The van der Waals surface area contributed by atoms with Crippen LogP contribution in [0.3, 0.4) is 0 Å². The summed E-state index contributed by atoms with van der Waals surface area (Å²) < 4.78 is 0. The summed E-state index contributed by atoms with van der Waals surface area (Å²) in [6, 6.07) is 0.00290. The maximum Gasteiger partial charge on any atom is 0.245 e. The van der Waals surface area contributed by atoms with Crippen LogP contribution in [-0.2, 0) is 9.59 Å². The molecular weight excluding hydrogens is 218 g/mol. The molecule has 0 aromatic rings. The highest BCUT2D eigenvalue weighted by Crippen LogP contribution is 2.15. The molecule has 0 saturated carbocycles. The summed E-state index contributed by atoms with van der Waals surface area (Å²) in [6.45, 7) is 4.64. The Morgan fingerprint density at radius 3 is 2.82 bits per heavy atom. The van der Waals surface area contributed by atoms with Gasteiger partial charge in [0.1, 0.15) is 6.04 Å². The lowest BCUT2D eigenvalue weighted by atomic mass is 10.0. The molecule has 96 valence electrons. The zero-order chi connectivity index (χ0) is 12.3. The van der Waals surface area contributed by atoms with E-state index in [9.17, 15) is 9.59 Å². The normalized spacial score (nSPS) is 28.9. The quantitative estimate of drug-likeness (QED) is 0.721. The van der Waals surface area contributed by atoms with Gasteiger partial charge in [0.05, 0.1) is 0 Å². The average molecular weight is 239 g/mol. The molecule has 2 aliphatic rings. The third kappa shape index (κ3) is 2.77. The molecule has 2 amide bonds. The predicted octanol–water partition coefficient (Wildman–Crippen LogP) is -0.134. The second-order valence-electron chi connectivity index (χ2n) is 4.78. The van der Waals surface area contributed by atoms with E-state index >= 15 is 0 Å². The molecular formula is C12H21N3O2. The van der Waals surface area contributed by atoms with Crippen molar-refractivity contribution in [3.63, 3.8) is 0 Å². The van der Waals surface area contributed by atoms with Crippen LogP contribution in [0.4, 0.5) is 0 Å². The fourth-order valence-electron chi connectivity index (χ4n) is 2.69. The van der Waals surface area contributed by atoms with E-state index in [1.807, 2.05) is 11.8 Å². The Labute approximate surface area is 102 Å². The first-order valence-corrected chi connectivity index (χ1v) is 6.53. The minimum Gasteiger partial charge on any atom is -0.344 e. The van der Waals surface area contributed by atoms with Gasteiger partial charge in [0.2, 0.25) is 11.8 Å². The number of likely N-dealkylation sites (N-methyl/N-ethyl adjacent to an activating group) is 1. The van der Waals surface area contributed by atoms with E-state index in [4.69, 9.17) is 0 Å². The summed E-state index contributed by atoms with van der Waals surface area (Å²) >= 11 is 0. The second kappa shape index (κ2) is 5.49. The van der Waals surface area contributed by atoms with Gasteiger partial charge in [-0.2, -0.15) is 0 Å². The van der Waals surface area contributed by atoms with Gasteiger partial charge in [-0.05, 0) is 32.7 Å². The van der Waals surface area contributed by atoms with Gasteiger partial charge in [0.15, 0.2) is 0 Å². The molecule has 0 radical (unpaired) electrons. The molecule has 0 aromatic carbocycles. The summed E-state index contributed by atoms with van der Waals surface area (Å²) in [5.74, 6) is 0.0909. The minimum atomic E-state index is -0.288. The molecule has 2 unspecified atom stereocenters. The van der Waals surface area contributed by atoms with Crippen LogP contribution in [0.15, 0.2) is 0 Å². The molecule has 2 saturated heterocycles. The molecule has 0 aliphatic carbocycles. The largest absolute Gasteiger partial charge is 0.344 e. The van der Waals surface area contributed by atoms with Crippen molar-refractivity contribution in [2.75, 3.05) is 19.6 Å². The lowest BCUT2D eigenvalue weighted by Crippen LogP contribution is -2.53. The van der Waals surface area contributed by atoms with Gasteiger partial charge >= 0.3 is 0 Å². The van der Waals surface area contributed by atoms with Crippen molar-refractivity contribution in [3.8, 4) is 0 Å². The highest BCUT2D eigenvalue weighted by Gasteiger charge is 2.33. The van der Waals surface area contributed by atoms with Gasteiger partial charge in [-0.3, -0.25) is 9.59 Å². The summed E-state index contributed by atoms with van der Waals surface area (Å²) in [5.41, 5.74) is 0. The highest BCUT2D eigenvalue weighted by atomic mass is 16.2. The highest BCUT2D eigenvalue weighted by molar-refractivity contribution is 5.91. The monoisotopic (exact) mass is 239 g/mol. The van der Waals surface area contributed by atoms with Crippen molar-refractivity contribution in [1.29, 1.82) is 0 Å². The molecule has 17 heavy (non-hydrogen) atoms. The first-order chi connectivity index (χ1) is 8.22. The van der Waals surface area contributed by atoms with Crippen LogP contribution in [0.2, 0.25) is 0 Å². The topological polar surface area (TPSA) is 61.4 Å². The Bertz CT molecular complexity index is 300. The van der Waals surface area contributed by atoms with E-state index in [2.05, 4.69) is 10.6 Å². The number of carbonyl (C=O) groups excluding carboxylic acids is 2. The van der Waals surface area contributed by atoms with Crippen LogP contribution < -0.4 is 10.6 Å². The lowest BCUT2D eigenvalue weighted by Gasteiger charge is -2.35. The first-order valence-electron chi connectivity index (χ1n) is 6.53. The Kier molecular flexibility index (Phi) is 3.99. The number of nitrogens with zero attached hydrogens (tertiary/aromatic N) is 1. The van der Waals surface area contributed by atoms with Crippen LogP contribution >= 0.6 is 0 Å². The van der Waals surface area contributed by atoms with E-state index in [-0.39, 0.29) is 17.9 Å². The molecule has 2 aliphatic heterocycles. The Hall–Kier alpha value is -1.10. The average Bonchev–Trinajstić information content (AvgIpc) is 2.78. The Balaban J connectivity index is 1.96. The van der Waals surface area contributed by atoms with Gasteiger partial charge in [0, 0.05) is 25.6 Å². The molecule has 5 nitrogen and oxygen atoms in total. The lowest BCUT2D eigenvalue weighted by molar-refractivity contribution is -0.136. The predicted molar refractivity (Wildman–Crippen MR) is 64.4 cm³/mol. The second-order valence-corrected chi connectivity index (χ2v) is 4.78. The van der Waals surface area contributed by atoms with Gasteiger partial charge in [0.25, 0.3) is 0 Å². The summed E-state index contributed by atoms with van der Waals surface area (Å²) in [4.78, 5) is 25.4. The maximum absolute atomic E-state index is 12.3. The van der Waals surface area contributed by atoms with Crippen LogP contribution in [0.25, 0.3) is 0 Å². The molecule has 2 rings (SSSR count). The fourth-order valence-corrected chi connectivity index (χ4v) is 2.69. The smallest absolute Gasteiger partial charge is 0.245 e. The molecule has 2 atom stereocenters. The summed E-state index contributed by atoms with van der Waals surface area (Å²) in [5, 5.41) is 6.08. The number of hydrogen-bond acceptors (Lipinski definition) is 3. The van der Waals surface area contributed by atoms with Gasteiger partial charge in [-0.15, -0.1) is 0 Å². The number of nitrogens with one attached hydrogen (secondary N) is 2. The zero-order valence-corrected chi connectivity index (χ0v) is 10.4. The van der Waals surface area contributed by atoms with Crippen LogP contribution in [0.1, 0.15) is 32.6 Å². The number of rotatable bonds is 3. The standard InChI is InChI=1S/C12H21N3O2/c1-2-15(9-4-3-7-13-8-9)12(17)10-5-6-11(16)14-10/h9-10,13H,2-8H2,1H3,(H,14,16). The summed E-state index contributed by atoms with van der Waals surface area (Å²) in [6.07, 6.45) is 3.31.